The number of nitrogens with zero attached hydrogens (tertiary/aromatic N) is 1. The lowest BCUT2D eigenvalue weighted by molar-refractivity contribution is 0.0419. The van der Waals surface area contributed by atoms with Crippen LogP contribution < -0.4 is 5.73 Å². The van der Waals surface area contributed by atoms with Gasteiger partial charge in [0, 0.05) is 25.8 Å². The highest BCUT2D eigenvalue weighted by atomic mass is 32.1. The Balaban J connectivity index is 2.66. The first-order valence-electron chi connectivity index (χ1n) is 5.87. The lowest BCUT2D eigenvalue weighted by atomic mass is 10.1. The summed E-state index contributed by atoms with van der Waals surface area (Å²) in [5, 5.41) is 9.62. The van der Waals surface area contributed by atoms with Crippen LogP contribution in [0.4, 0.5) is 4.39 Å². The molecule has 0 amide bonds. The smallest absolute Gasteiger partial charge is 0.133 e. The van der Waals surface area contributed by atoms with E-state index in [-0.39, 0.29) is 17.2 Å². The number of likely N-dealkylation sites (N-methyl/N-ethyl adjacent to an activating group) is 1. The second-order valence-corrected chi connectivity index (χ2v) is 4.92. The molecule has 4 nitrogen and oxygen atoms in total. The molecule has 0 aliphatic rings. The number of rotatable bonds is 7. The third-order valence-corrected chi connectivity index (χ3v) is 2.85. The molecule has 0 aliphatic heterocycles. The third kappa shape index (κ3) is 5.20. The molecule has 0 heterocycles. The van der Waals surface area contributed by atoms with Crippen LogP contribution in [0.2, 0.25) is 0 Å². The van der Waals surface area contributed by atoms with Crippen molar-refractivity contribution in [1.29, 1.82) is 0 Å². The summed E-state index contributed by atoms with van der Waals surface area (Å²) in [6.07, 6.45) is -0.550. The lowest BCUT2D eigenvalue weighted by Gasteiger charge is -2.20. The van der Waals surface area contributed by atoms with Crippen LogP contribution in [-0.2, 0) is 11.3 Å². The maximum atomic E-state index is 13.4. The van der Waals surface area contributed by atoms with Crippen molar-refractivity contribution < 1.29 is 14.2 Å². The minimum atomic E-state index is -0.550. The summed E-state index contributed by atoms with van der Waals surface area (Å²) in [4.78, 5) is 1.96. The molecule has 6 heteroatoms. The Bertz CT molecular complexity index is 443. The predicted octanol–water partition coefficient (Wildman–Crippen LogP) is 0.899. The number of halogens is 1. The molecule has 1 aromatic carbocycles. The van der Waals surface area contributed by atoms with Crippen LogP contribution >= 0.6 is 12.2 Å². The first-order chi connectivity index (χ1) is 8.93. The van der Waals surface area contributed by atoms with E-state index < -0.39 is 11.9 Å². The number of aliphatic hydroxyl groups is 1. The van der Waals surface area contributed by atoms with Gasteiger partial charge in [-0.1, -0.05) is 18.3 Å². The van der Waals surface area contributed by atoms with E-state index in [2.05, 4.69) is 0 Å². The van der Waals surface area contributed by atoms with Crippen LogP contribution in [0.5, 0.6) is 0 Å². The van der Waals surface area contributed by atoms with Crippen molar-refractivity contribution in [2.24, 2.45) is 5.73 Å². The van der Waals surface area contributed by atoms with E-state index in [1.165, 1.54) is 13.2 Å². The van der Waals surface area contributed by atoms with Crippen molar-refractivity contribution >= 4 is 17.2 Å². The van der Waals surface area contributed by atoms with E-state index in [0.29, 0.717) is 13.1 Å². The van der Waals surface area contributed by atoms with Crippen molar-refractivity contribution in [1.82, 2.24) is 4.90 Å². The van der Waals surface area contributed by atoms with E-state index in [4.69, 9.17) is 22.7 Å². The topological polar surface area (TPSA) is 58.7 Å². The van der Waals surface area contributed by atoms with Gasteiger partial charge < -0.3 is 15.6 Å². The first kappa shape index (κ1) is 16.0. The fourth-order valence-electron chi connectivity index (χ4n) is 1.84. The molecule has 106 valence electrons. The van der Waals surface area contributed by atoms with E-state index in [0.717, 1.165) is 5.56 Å². The highest BCUT2D eigenvalue weighted by Crippen LogP contribution is 2.12. The lowest BCUT2D eigenvalue weighted by Crippen LogP contribution is -2.31. The number of hydrogen-bond donors (Lipinski definition) is 2. The number of benzene rings is 1. The molecule has 0 fully saturated rings. The summed E-state index contributed by atoms with van der Waals surface area (Å²) in [7, 11) is 3.40. The van der Waals surface area contributed by atoms with Gasteiger partial charge in [0.05, 0.1) is 12.7 Å². The van der Waals surface area contributed by atoms with Gasteiger partial charge in [0.1, 0.15) is 10.8 Å². The van der Waals surface area contributed by atoms with Crippen molar-refractivity contribution in [2.45, 2.75) is 12.6 Å². The molecule has 1 atom stereocenters. The fourth-order valence-corrected chi connectivity index (χ4v) is 2.00. The molecule has 0 aliphatic carbocycles. The number of methoxy groups -OCH3 is 1. The SMILES string of the molecule is COCC(O)CN(C)Cc1ccc(F)c(C(N)=S)c1. The Morgan fingerprint density at radius 2 is 2.26 bits per heavy atom. The van der Waals surface area contributed by atoms with Crippen molar-refractivity contribution in [3.8, 4) is 0 Å². The highest BCUT2D eigenvalue weighted by molar-refractivity contribution is 7.80. The second kappa shape index (κ2) is 7.49. The number of thiocarbonyl (C=S) groups is 1. The summed E-state index contributed by atoms with van der Waals surface area (Å²) >= 11 is 4.79. The number of nitrogens with two attached hydrogens (primary N) is 1. The maximum absolute atomic E-state index is 13.4. The number of aliphatic hydroxyl groups excluding tert-OH is 1. The zero-order valence-electron chi connectivity index (χ0n) is 11.1. The molecule has 3 N–H and O–H groups in total. The van der Waals surface area contributed by atoms with Gasteiger partial charge in [-0.3, -0.25) is 4.90 Å². The molecule has 0 saturated heterocycles. The predicted molar refractivity (Wildman–Crippen MR) is 76.5 cm³/mol. The molecule has 0 saturated carbocycles. The van der Waals surface area contributed by atoms with Crippen molar-refractivity contribution in [3.05, 3.63) is 35.1 Å². The first-order valence-corrected chi connectivity index (χ1v) is 6.28. The molecular formula is C13H19FN2O2S. The van der Waals surface area contributed by atoms with Gasteiger partial charge in [-0.25, -0.2) is 4.39 Å². The highest BCUT2D eigenvalue weighted by Gasteiger charge is 2.10. The van der Waals surface area contributed by atoms with Crippen LogP contribution in [0.1, 0.15) is 11.1 Å². The molecular weight excluding hydrogens is 267 g/mol. The van der Waals surface area contributed by atoms with Crippen molar-refractivity contribution in [2.75, 3.05) is 27.3 Å². The van der Waals surface area contributed by atoms with Crippen LogP contribution in [0, 0.1) is 5.82 Å². The van der Waals surface area contributed by atoms with E-state index in [1.54, 1.807) is 12.1 Å². The van der Waals surface area contributed by atoms with Gasteiger partial charge in [0.15, 0.2) is 0 Å². The molecule has 0 aromatic heterocycles. The van der Waals surface area contributed by atoms with Crippen LogP contribution in [0.25, 0.3) is 0 Å². The van der Waals surface area contributed by atoms with E-state index in [1.807, 2.05) is 11.9 Å². The standard InChI is InChI=1S/C13H19FN2O2S/c1-16(7-10(17)8-18-2)6-9-3-4-12(14)11(5-9)13(15)19/h3-5,10,17H,6-8H2,1-2H3,(H2,15,19). The van der Waals surface area contributed by atoms with Crippen LogP contribution in [0.15, 0.2) is 18.2 Å². The van der Waals surface area contributed by atoms with Gasteiger partial charge in [0.25, 0.3) is 0 Å². The molecule has 1 aromatic rings. The fraction of sp³-hybridized carbons (Fsp3) is 0.462. The normalized spacial score (nSPS) is 12.7. The summed E-state index contributed by atoms with van der Waals surface area (Å²) in [5.41, 5.74) is 6.59. The Labute approximate surface area is 118 Å². The Morgan fingerprint density at radius 1 is 1.58 bits per heavy atom. The molecule has 1 unspecified atom stereocenters. The maximum Gasteiger partial charge on any atom is 0.133 e. The second-order valence-electron chi connectivity index (χ2n) is 4.48. The van der Waals surface area contributed by atoms with Gasteiger partial charge in [-0.05, 0) is 24.7 Å². The summed E-state index contributed by atoms with van der Waals surface area (Å²) in [6.45, 7) is 1.32. The minimum Gasteiger partial charge on any atom is -0.389 e. The third-order valence-electron chi connectivity index (χ3n) is 2.63. The number of hydrogen-bond acceptors (Lipinski definition) is 4. The van der Waals surface area contributed by atoms with Gasteiger partial charge >= 0.3 is 0 Å². The Morgan fingerprint density at radius 3 is 2.84 bits per heavy atom. The van der Waals surface area contributed by atoms with E-state index >= 15 is 0 Å². The number of ether oxygens (including phenoxy) is 1. The Hall–Kier alpha value is -1.08. The minimum absolute atomic E-state index is 0.0430. The van der Waals surface area contributed by atoms with Crippen molar-refractivity contribution in [3.63, 3.8) is 0 Å². The van der Waals surface area contributed by atoms with Gasteiger partial charge in [0.2, 0.25) is 0 Å². The molecule has 0 spiro atoms. The van der Waals surface area contributed by atoms with Crippen LogP contribution in [0.3, 0.4) is 0 Å². The molecule has 1 rings (SSSR count). The van der Waals surface area contributed by atoms with Crippen LogP contribution in [-0.4, -0.2) is 48.4 Å². The van der Waals surface area contributed by atoms with E-state index in [9.17, 15) is 9.50 Å². The van der Waals surface area contributed by atoms with Gasteiger partial charge in [-0.2, -0.15) is 0 Å². The monoisotopic (exact) mass is 286 g/mol. The zero-order valence-corrected chi connectivity index (χ0v) is 11.9. The summed E-state index contributed by atoms with van der Waals surface area (Å²) in [5.74, 6) is -0.418. The summed E-state index contributed by atoms with van der Waals surface area (Å²) in [6, 6.07) is 4.66. The largest absolute Gasteiger partial charge is 0.389 e. The Kier molecular flexibility index (Phi) is 6.30. The summed E-state index contributed by atoms with van der Waals surface area (Å²) < 4.78 is 18.3. The quantitative estimate of drug-likeness (QED) is 0.729. The molecule has 19 heavy (non-hydrogen) atoms. The zero-order chi connectivity index (χ0) is 14.4. The van der Waals surface area contributed by atoms with Gasteiger partial charge in [-0.15, -0.1) is 0 Å². The molecule has 0 radical (unpaired) electrons. The average Bonchev–Trinajstić information content (AvgIpc) is 2.31. The average molecular weight is 286 g/mol. The molecule has 0 bridgehead atoms.